The van der Waals surface area contributed by atoms with Crippen LogP contribution in [0.3, 0.4) is 0 Å². The fraction of sp³-hybridized carbons (Fsp3) is 0.417. The van der Waals surface area contributed by atoms with Crippen LogP contribution in [0.4, 0.5) is 5.69 Å². The van der Waals surface area contributed by atoms with Gasteiger partial charge in [-0.25, -0.2) is 0 Å². The fourth-order valence-electron chi connectivity index (χ4n) is 4.50. The molecule has 6 heteroatoms. The second kappa shape index (κ2) is 10.1. The van der Waals surface area contributed by atoms with Gasteiger partial charge in [-0.1, -0.05) is 42.7 Å². The summed E-state index contributed by atoms with van der Waals surface area (Å²) in [7, 11) is 0. The fourth-order valence-corrected chi connectivity index (χ4v) is 4.50. The average Bonchev–Trinajstić information content (AvgIpc) is 3.17. The summed E-state index contributed by atoms with van der Waals surface area (Å²) < 4.78 is 0. The lowest BCUT2D eigenvalue weighted by Gasteiger charge is -2.24. The lowest BCUT2D eigenvalue weighted by atomic mass is 9.85. The largest absolute Gasteiger partial charge is 0.351 e. The predicted molar refractivity (Wildman–Crippen MR) is 122 cm³/mol. The van der Waals surface area contributed by atoms with E-state index in [1.807, 2.05) is 55.5 Å². The minimum atomic E-state index is -0.135. The number of anilines is 1. The molecule has 1 aliphatic carbocycles. The monoisotopic (exact) mass is 427 g/mol. The second-order valence-electron chi connectivity index (χ2n) is 8.34. The quantitative estimate of drug-likeness (QED) is 0.669. The Bertz CT molecular complexity index is 870. The summed E-state index contributed by atoms with van der Waals surface area (Å²) in [4.78, 5) is 25.0. The van der Waals surface area contributed by atoms with E-state index in [1.54, 1.807) is 0 Å². The summed E-state index contributed by atoms with van der Waals surface area (Å²) in [5, 5.41) is 9.50. The van der Waals surface area contributed by atoms with Gasteiger partial charge in [-0.3, -0.25) is 9.59 Å². The molecular formula is C24H30ClN3O2. The Labute approximate surface area is 184 Å². The van der Waals surface area contributed by atoms with Crippen LogP contribution in [0.1, 0.15) is 53.6 Å². The van der Waals surface area contributed by atoms with Gasteiger partial charge in [-0.15, -0.1) is 12.4 Å². The zero-order valence-corrected chi connectivity index (χ0v) is 18.1. The summed E-state index contributed by atoms with van der Waals surface area (Å²) in [5.41, 5.74) is 3.45. The van der Waals surface area contributed by atoms with Gasteiger partial charge in [0.25, 0.3) is 5.91 Å². The van der Waals surface area contributed by atoms with E-state index in [1.165, 1.54) is 25.7 Å². The molecule has 0 radical (unpaired) electrons. The second-order valence-corrected chi connectivity index (χ2v) is 8.34. The van der Waals surface area contributed by atoms with Crippen LogP contribution < -0.4 is 16.0 Å². The molecule has 1 saturated carbocycles. The molecule has 5 nitrogen and oxygen atoms in total. The molecule has 2 amide bonds. The maximum atomic E-state index is 12.6. The first kappa shape index (κ1) is 22.3. The van der Waals surface area contributed by atoms with Crippen LogP contribution >= 0.6 is 12.4 Å². The number of carbonyl (C=O) groups excluding carboxylic acids is 2. The van der Waals surface area contributed by atoms with Crippen LogP contribution in [0.15, 0.2) is 48.5 Å². The molecule has 2 aliphatic rings. The molecule has 30 heavy (non-hydrogen) atoms. The third kappa shape index (κ3) is 5.41. The van der Waals surface area contributed by atoms with Gasteiger partial charge in [0.05, 0.1) is 6.04 Å². The average molecular weight is 428 g/mol. The van der Waals surface area contributed by atoms with E-state index in [-0.39, 0.29) is 30.3 Å². The van der Waals surface area contributed by atoms with Crippen molar-refractivity contribution < 1.29 is 9.59 Å². The van der Waals surface area contributed by atoms with Crippen LogP contribution in [0.25, 0.3) is 0 Å². The van der Waals surface area contributed by atoms with Crippen molar-refractivity contribution in [3.05, 3.63) is 65.2 Å². The SMILES string of the molecule is Cc1ccc(C(=O)Nc2cccc(CNC(=O)C3CC4CCCCC4N3)c2)cc1.Cl. The lowest BCUT2D eigenvalue weighted by Crippen LogP contribution is -2.42. The first-order valence-corrected chi connectivity index (χ1v) is 10.6. The first-order chi connectivity index (χ1) is 14.1. The van der Waals surface area contributed by atoms with Crippen LogP contribution in [-0.2, 0) is 11.3 Å². The number of amides is 2. The number of fused-ring (bicyclic) bond motifs is 1. The number of hydrogen-bond acceptors (Lipinski definition) is 3. The van der Waals surface area contributed by atoms with Crippen LogP contribution in [0.5, 0.6) is 0 Å². The lowest BCUT2D eigenvalue weighted by molar-refractivity contribution is -0.123. The minimum Gasteiger partial charge on any atom is -0.351 e. The standard InChI is InChI=1S/C24H29N3O2.ClH/c1-16-9-11-18(12-10-16)23(28)26-20-7-4-5-17(13-20)15-25-24(29)22-14-19-6-2-3-8-21(19)27-22;/h4-5,7,9-13,19,21-22,27H,2-3,6,8,14-15H2,1H3,(H,25,29)(H,26,28);1H. The number of rotatable bonds is 5. The Morgan fingerprint density at radius 1 is 1.07 bits per heavy atom. The molecule has 0 bridgehead atoms. The van der Waals surface area contributed by atoms with Crippen molar-refractivity contribution in [3.63, 3.8) is 0 Å². The van der Waals surface area contributed by atoms with E-state index in [9.17, 15) is 9.59 Å². The highest BCUT2D eigenvalue weighted by Crippen LogP contribution is 2.33. The number of halogens is 1. The van der Waals surface area contributed by atoms with Gasteiger partial charge in [-0.05, 0) is 61.9 Å². The molecule has 1 aliphatic heterocycles. The summed E-state index contributed by atoms with van der Waals surface area (Å²) >= 11 is 0. The number of aryl methyl sites for hydroxylation is 1. The predicted octanol–water partition coefficient (Wildman–Crippen LogP) is 4.21. The van der Waals surface area contributed by atoms with E-state index in [0.29, 0.717) is 24.1 Å². The van der Waals surface area contributed by atoms with Crippen molar-refractivity contribution in [2.24, 2.45) is 5.92 Å². The van der Waals surface area contributed by atoms with Gasteiger partial charge in [0, 0.05) is 23.8 Å². The van der Waals surface area contributed by atoms with Crippen LogP contribution in [0.2, 0.25) is 0 Å². The van der Waals surface area contributed by atoms with E-state index in [0.717, 1.165) is 23.2 Å². The summed E-state index contributed by atoms with van der Waals surface area (Å²) in [6, 6.07) is 15.6. The highest BCUT2D eigenvalue weighted by Gasteiger charge is 2.37. The van der Waals surface area contributed by atoms with Gasteiger partial charge >= 0.3 is 0 Å². The molecule has 2 aromatic carbocycles. The number of hydrogen-bond donors (Lipinski definition) is 3. The zero-order chi connectivity index (χ0) is 20.2. The van der Waals surface area contributed by atoms with Gasteiger partial charge in [-0.2, -0.15) is 0 Å². The normalized spacial score (nSPS) is 22.5. The van der Waals surface area contributed by atoms with Crippen molar-refractivity contribution in [1.82, 2.24) is 10.6 Å². The number of benzene rings is 2. The number of carbonyl (C=O) groups is 2. The van der Waals surface area contributed by atoms with E-state index < -0.39 is 0 Å². The molecule has 1 heterocycles. The molecule has 2 aromatic rings. The summed E-state index contributed by atoms with van der Waals surface area (Å²) in [5.74, 6) is 0.595. The topological polar surface area (TPSA) is 70.2 Å². The molecule has 0 spiro atoms. The summed E-state index contributed by atoms with van der Waals surface area (Å²) in [6.07, 6.45) is 5.94. The Balaban J connectivity index is 0.00000256. The van der Waals surface area contributed by atoms with E-state index >= 15 is 0 Å². The van der Waals surface area contributed by atoms with Crippen molar-refractivity contribution in [2.75, 3.05) is 5.32 Å². The molecule has 3 N–H and O–H groups in total. The van der Waals surface area contributed by atoms with Crippen molar-refractivity contribution in [2.45, 2.75) is 57.7 Å². The van der Waals surface area contributed by atoms with Crippen molar-refractivity contribution >= 4 is 29.9 Å². The van der Waals surface area contributed by atoms with Gasteiger partial charge in [0.15, 0.2) is 0 Å². The van der Waals surface area contributed by atoms with Gasteiger partial charge < -0.3 is 16.0 Å². The minimum absolute atomic E-state index is 0. The highest BCUT2D eigenvalue weighted by atomic mass is 35.5. The van der Waals surface area contributed by atoms with Crippen molar-refractivity contribution in [1.29, 1.82) is 0 Å². The maximum absolute atomic E-state index is 12.6. The molecule has 3 unspecified atom stereocenters. The smallest absolute Gasteiger partial charge is 0.255 e. The third-order valence-electron chi connectivity index (χ3n) is 6.14. The Kier molecular flexibility index (Phi) is 7.51. The Morgan fingerprint density at radius 3 is 2.60 bits per heavy atom. The Morgan fingerprint density at radius 2 is 1.83 bits per heavy atom. The van der Waals surface area contributed by atoms with Crippen LogP contribution in [0, 0.1) is 12.8 Å². The molecule has 3 atom stereocenters. The third-order valence-corrected chi connectivity index (χ3v) is 6.14. The van der Waals surface area contributed by atoms with Crippen LogP contribution in [-0.4, -0.2) is 23.9 Å². The van der Waals surface area contributed by atoms with E-state index in [4.69, 9.17) is 0 Å². The Hall–Kier alpha value is -2.37. The summed E-state index contributed by atoms with van der Waals surface area (Å²) in [6.45, 7) is 2.45. The molecule has 1 saturated heterocycles. The van der Waals surface area contributed by atoms with Crippen molar-refractivity contribution in [3.8, 4) is 0 Å². The molecule has 2 fully saturated rings. The first-order valence-electron chi connectivity index (χ1n) is 10.6. The van der Waals surface area contributed by atoms with Gasteiger partial charge in [0.2, 0.25) is 5.91 Å². The highest BCUT2D eigenvalue weighted by molar-refractivity contribution is 6.04. The molecular weight excluding hydrogens is 398 g/mol. The zero-order valence-electron chi connectivity index (χ0n) is 17.3. The van der Waals surface area contributed by atoms with Gasteiger partial charge in [0.1, 0.15) is 0 Å². The number of nitrogens with one attached hydrogen (secondary N) is 3. The maximum Gasteiger partial charge on any atom is 0.255 e. The molecule has 4 rings (SSSR count). The molecule has 160 valence electrons. The van der Waals surface area contributed by atoms with E-state index in [2.05, 4.69) is 16.0 Å². The molecule has 0 aromatic heterocycles.